The van der Waals surface area contributed by atoms with E-state index >= 15 is 0 Å². The normalized spacial score (nSPS) is 9.50. The lowest BCUT2D eigenvalue weighted by molar-refractivity contribution is 0.417. The van der Waals surface area contributed by atoms with Gasteiger partial charge in [-0.1, -0.05) is 26.0 Å². The third-order valence-electron chi connectivity index (χ3n) is 2.49. The Morgan fingerprint density at radius 3 is 2.56 bits per heavy atom. The first-order chi connectivity index (χ1) is 8.71. The first kappa shape index (κ1) is 14.4. The minimum atomic E-state index is 0.457. The molecule has 2 N–H and O–H groups in total. The number of para-hydroxylation sites is 2. The Kier molecular flexibility index (Phi) is 6.14. The zero-order chi connectivity index (χ0) is 13.4. The summed E-state index contributed by atoms with van der Waals surface area (Å²) in [6.07, 6.45) is 1.83. The Morgan fingerprint density at radius 1 is 1.28 bits per heavy atom. The van der Waals surface area contributed by atoms with E-state index < -0.39 is 0 Å². The van der Waals surface area contributed by atoms with Gasteiger partial charge in [0, 0.05) is 5.71 Å². The van der Waals surface area contributed by atoms with Crippen LogP contribution in [0.3, 0.4) is 0 Å². The van der Waals surface area contributed by atoms with Gasteiger partial charge in [-0.15, -0.1) is 0 Å². The summed E-state index contributed by atoms with van der Waals surface area (Å²) >= 11 is 5.17. The van der Waals surface area contributed by atoms with Crippen LogP contribution in [-0.2, 0) is 0 Å². The Balaban J connectivity index is 2.62. The topological polar surface area (TPSA) is 45.7 Å². The number of hydrazone groups is 1. The minimum absolute atomic E-state index is 0.457. The molecule has 0 aliphatic rings. The number of hydrogen-bond donors (Lipinski definition) is 2. The maximum atomic E-state index is 5.23. The largest absolute Gasteiger partial charge is 0.495 e. The van der Waals surface area contributed by atoms with E-state index in [1.807, 2.05) is 24.3 Å². The molecule has 0 radical (unpaired) electrons. The van der Waals surface area contributed by atoms with Gasteiger partial charge in [0.05, 0.1) is 12.8 Å². The highest BCUT2D eigenvalue weighted by atomic mass is 32.1. The SMILES string of the molecule is CCC(CC)=NNC(=S)Nc1ccccc1OC. The second-order valence-electron chi connectivity index (χ2n) is 3.65. The van der Waals surface area contributed by atoms with Crippen molar-refractivity contribution in [2.75, 3.05) is 12.4 Å². The molecule has 1 rings (SSSR count). The molecule has 0 atom stereocenters. The molecule has 98 valence electrons. The molecule has 0 fully saturated rings. The zero-order valence-corrected chi connectivity index (χ0v) is 11.8. The number of benzene rings is 1. The quantitative estimate of drug-likeness (QED) is 0.488. The second-order valence-corrected chi connectivity index (χ2v) is 4.06. The van der Waals surface area contributed by atoms with Crippen LogP contribution < -0.4 is 15.5 Å². The summed E-state index contributed by atoms with van der Waals surface area (Å²) < 4.78 is 5.23. The first-order valence-electron chi connectivity index (χ1n) is 5.96. The van der Waals surface area contributed by atoms with E-state index in [1.54, 1.807) is 7.11 Å². The van der Waals surface area contributed by atoms with E-state index in [1.165, 1.54) is 0 Å². The van der Waals surface area contributed by atoms with Crippen LogP contribution in [0.2, 0.25) is 0 Å². The highest BCUT2D eigenvalue weighted by Gasteiger charge is 2.03. The lowest BCUT2D eigenvalue weighted by Gasteiger charge is -2.11. The van der Waals surface area contributed by atoms with Crippen LogP contribution in [-0.4, -0.2) is 17.9 Å². The fourth-order valence-electron chi connectivity index (χ4n) is 1.44. The average molecular weight is 265 g/mol. The maximum absolute atomic E-state index is 5.23. The third-order valence-corrected chi connectivity index (χ3v) is 2.68. The predicted molar refractivity (Wildman–Crippen MR) is 80.4 cm³/mol. The fraction of sp³-hybridized carbons (Fsp3) is 0.385. The van der Waals surface area contributed by atoms with Gasteiger partial charge in [-0.2, -0.15) is 5.10 Å². The van der Waals surface area contributed by atoms with Gasteiger partial charge in [0.2, 0.25) is 0 Å². The number of nitrogens with zero attached hydrogens (tertiary/aromatic N) is 1. The molecule has 0 heterocycles. The van der Waals surface area contributed by atoms with Crippen LogP contribution >= 0.6 is 12.2 Å². The molecule has 0 bridgehead atoms. The zero-order valence-electron chi connectivity index (χ0n) is 11.0. The monoisotopic (exact) mass is 265 g/mol. The van der Waals surface area contributed by atoms with Crippen molar-refractivity contribution in [3.8, 4) is 5.75 Å². The van der Waals surface area contributed by atoms with Gasteiger partial charge in [-0.05, 0) is 37.2 Å². The van der Waals surface area contributed by atoms with Crippen molar-refractivity contribution in [1.82, 2.24) is 5.43 Å². The van der Waals surface area contributed by atoms with Crippen LogP contribution in [0.15, 0.2) is 29.4 Å². The predicted octanol–water partition coefficient (Wildman–Crippen LogP) is 3.16. The van der Waals surface area contributed by atoms with Gasteiger partial charge in [0.25, 0.3) is 0 Å². The molecule has 4 nitrogen and oxygen atoms in total. The van der Waals surface area contributed by atoms with Crippen molar-refractivity contribution in [3.63, 3.8) is 0 Å². The van der Waals surface area contributed by atoms with Gasteiger partial charge in [0.1, 0.15) is 5.75 Å². The van der Waals surface area contributed by atoms with E-state index in [-0.39, 0.29) is 0 Å². The Morgan fingerprint density at radius 2 is 1.94 bits per heavy atom. The van der Waals surface area contributed by atoms with E-state index in [0.717, 1.165) is 30.0 Å². The first-order valence-corrected chi connectivity index (χ1v) is 6.37. The molecular formula is C13H19N3OS. The summed E-state index contributed by atoms with van der Waals surface area (Å²) in [4.78, 5) is 0. The molecule has 0 aliphatic heterocycles. The molecule has 0 saturated carbocycles. The number of methoxy groups -OCH3 is 1. The summed E-state index contributed by atoms with van der Waals surface area (Å²) in [6.45, 7) is 4.14. The van der Waals surface area contributed by atoms with Crippen molar-refractivity contribution in [2.24, 2.45) is 5.10 Å². The molecular weight excluding hydrogens is 246 g/mol. The molecule has 1 aromatic rings. The maximum Gasteiger partial charge on any atom is 0.191 e. The summed E-state index contributed by atoms with van der Waals surface area (Å²) in [5.74, 6) is 0.747. The van der Waals surface area contributed by atoms with Gasteiger partial charge in [0.15, 0.2) is 5.11 Å². The van der Waals surface area contributed by atoms with Crippen LogP contribution in [0.1, 0.15) is 26.7 Å². The second kappa shape index (κ2) is 7.66. The van der Waals surface area contributed by atoms with E-state index in [9.17, 15) is 0 Å². The summed E-state index contributed by atoms with van der Waals surface area (Å²) in [5.41, 5.74) is 4.74. The van der Waals surface area contributed by atoms with Gasteiger partial charge >= 0.3 is 0 Å². The molecule has 1 aromatic carbocycles. The van der Waals surface area contributed by atoms with Gasteiger partial charge in [-0.25, -0.2) is 0 Å². The van der Waals surface area contributed by atoms with Crippen LogP contribution in [0.4, 0.5) is 5.69 Å². The van der Waals surface area contributed by atoms with E-state index in [2.05, 4.69) is 29.7 Å². The summed E-state index contributed by atoms with van der Waals surface area (Å²) in [6, 6.07) is 7.60. The molecule has 18 heavy (non-hydrogen) atoms. The molecule has 0 aliphatic carbocycles. The van der Waals surface area contributed by atoms with Crippen LogP contribution in [0, 0.1) is 0 Å². The lowest BCUT2D eigenvalue weighted by atomic mass is 10.2. The Labute approximate surface area is 113 Å². The molecule has 0 saturated heterocycles. The number of anilines is 1. The molecule has 0 amide bonds. The van der Waals surface area contributed by atoms with Crippen LogP contribution in [0.5, 0.6) is 5.75 Å². The van der Waals surface area contributed by atoms with Crippen LogP contribution in [0.25, 0.3) is 0 Å². The summed E-state index contributed by atoms with van der Waals surface area (Å²) in [7, 11) is 1.63. The molecule has 0 unspecified atom stereocenters. The van der Waals surface area contributed by atoms with E-state index in [0.29, 0.717) is 5.11 Å². The Bertz CT molecular complexity index is 426. The van der Waals surface area contributed by atoms with Crippen molar-refractivity contribution in [2.45, 2.75) is 26.7 Å². The fourth-order valence-corrected chi connectivity index (χ4v) is 1.59. The standard InChI is InChI=1S/C13H19N3OS/c1-4-10(5-2)15-16-13(18)14-11-8-6-7-9-12(11)17-3/h6-9H,4-5H2,1-3H3,(H2,14,16,18). The number of nitrogens with one attached hydrogen (secondary N) is 2. The third kappa shape index (κ3) is 4.33. The van der Waals surface area contributed by atoms with Gasteiger partial charge < -0.3 is 10.1 Å². The lowest BCUT2D eigenvalue weighted by Crippen LogP contribution is -2.25. The van der Waals surface area contributed by atoms with Crippen molar-refractivity contribution >= 4 is 28.7 Å². The smallest absolute Gasteiger partial charge is 0.191 e. The molecule has 0 aromatic heterocycles. The number of ether oxygens (including phenoxy) is 1. The highest BCUT2D eigenvalue weighted by molar-refractivity contribution is 7.80. The van der Waals surface area contributed by atoms with E-state index in [4.69, 9.17) is 17.0 Å². The van der Waals surface area contributed by atoms with Crippen molar-refractivity contribution in [3.05, 3.63) is 24.3 Å². The number of rotatable bonds is 5. The number of hydrogen-bond acceptors (Lipinski definition) is 3. The van der Waals surface area contributed by atoms with Gasteiger partial charge in [-0.3, -0.25) is 5.43 Å². The molecule has 0 spiro atoms. The minimum Gasteiger partial charge on any atom is -0.495 e. The number of thiocarbonyl (C=S) groups is 1. The molecule has 5 heteroatoms. The highest BCUT2D eigenvalue weighted by Crippen LogP contribution is 2.22. The summed E-state index contributed by atoms with van der Waals surface area (Å²) in [5, 5.41) is 7.74. The average Bonchev–Trinajstić information content (AvgIpc) is 2.40. The van der Waals surface area contributed by atoms with Crippen molar-refractivity contribution in [1.29, 1.82) is 0 Å². The van der Waals surface area contributed by atoms with Crippen molar-refractivity contribution < 1.29 is 4.74 Å². The Hall–Kier alpha value is -1.62.